The van der Waals surface area contributed by atoms with Gasteiger partial charge in [0.1, 0.15) is 0 Å². The highest BCUT2D eigenvalue weighted by atomic mass is 32.2. The van der Waals surface area contributed by atoms with Crippen LogP contribution < -0.4 is 5.32 Å². The molecular formula is C12H16F3NS2. The smallest absolute Gasteiger partial charge is 0.313 e. The molecule has 0 radical (unpaired) electrons. The van der Waals surface area contributed by atoms with Crippen molar-refractivity contribution in [2.24, 2.45) is 0 Å². The summed E-state index contributed by atoms with van der Waals surface area (Å²) in [5.41, 5.74) is -2.93. The first-order chi connectivity index (χ1) is 8.51. The van der Waals surface area contributed by atoms with Crippen molar-refractivity contribution in [1.29, 1.82) is 0 Å². The standard InChI is InChI=1S/C12H16F3NS2/c1-2-16-9-10-3-5-11(6-4-10)17-7-8-18-12(13,14)15/h3-6,16H,2,7-9H2,1H3. The van der Waals surface area contributed by atoms with Gasteiger partial charge in [0.2, 0.25) is 0 Å². The summed E-state index contributed by atoms with van der Waals surface area (Å²) in [6.07, 6.45) is 0. The monoisotopic (exact) mass is 295 g/mol. The molecule has 0 saturated carbocycles. The normalized spacial score (nSPS) is 11.8. The molecule has 0 aliphatic rings. The van der Waals surface area contributed by atoms with Crippen LogP contribution in [0.3, 0.4) is 0 Å². The van der Waals surface area contributed by atoms with E-state index in [0.717, 1.165) is 18.0 Å². The van der Waals surface area contributed by atoms with E-state index < -0.39 is 5.51 Å². The lowest BCUT2D eigenvalue weighted by atomic mass is 10.2. The lowest BCUT2D eigenvalue weighted by molar-refractivity contribution is -0.0326. The highest BCUT2D eigenvalue weighted by Crippen LogP contribution is 2.31. The van der Waals surface area contributed by atoms with E-state index in [1.54, 1.807) is 0 Å². The summed E-state index contributed by atoms with van der Waals surface area (Å²) in [7, 11) is 0. The van der Waals surface area contributed by atoms with Crippen molar-refractivity contribution in [3.05, 3.63) is 29.8 Å². The average molecular weight is 295 g/mol. The number of hydrogen-bond acceptors (Lipinski definition) is 3. The van der Waals surface area contributed by atoms with Gasteiger partial charge in [-0.3, -0.25) is 0 Å². The minimum Gasteiger partial charge on any atom is -0.313 e. The zero-order valence-electron chi connectivity index (χ0n) is 10.1. The molecule has 1 N–H and O–H groups in total. The molecule has 0 amide bonds. The van der Waals surface area contributed by atoms with Gasteiger partial charge in [-0.2, -0.15) is 13.2 Å². The Morgan fingerprint density at radius 1 is 1.11 bits per heavy atom. The van der Waals surface area contributed by atoms with E-state index in [4.69, 9.17) is 0 Å². The van der Waals surface area contributed by atoms with Gasteiger partial charge >= 0.3 is 5.51 Å². The van der Waals surface area contributed by atoms with E-state index in [-0.39, 0.29) is 17.5 Å². The van der Waals surface area contributed by atoms with E-state index in [9.17, 15) is 13.2 Å². The number of alkyl halides is 3. The first-order valence-electron chi connectivity index (χ1n) is 5.64. The Kier molecular flexibility index (Phi) is 6.96. The molecule has 0 heterocycles. The van der Waals surface area contributed by atoms with Crippen LogP contribution in [0.15, 0.2) is 29.2 Å². The summed E-state index contributed by atoms with van der Waals surface area (Å²) in [4.78, 5) is 1.01. The number of hydrogen-bond donors (Lipinski definition) is 1. The number of rotatable bonds is 7. The van der Waals surface area contributed by atoms with E-state index in [1.807, 2.05) is 31.2 Å². The Labute approximate surface area is 114 Å². The molecule has 6 heteroatoms. The molecule has 0 aliphatic heterocycles. The van der Waals surface area contributed by atoms with Crippen LogP contribution in [0.1, 0.15) is 12.5 Å². The largest absolute Gasteiger partial charge is 0.441 e. The molecule has 18 heavy (non-hydrogen) atoms. The third-order valence-corrected chi connectivity index (χ3v) is 4.13. The number of thioether (sulfide) groups is 2. The number of nitrogens with one attached hydrogen (secondary N) is 1. The van der Waals surface area contributed by atoms with Gasteiger partial charge in [-0.05, 0) is 24.2 Å². The summed E-state index contributed by atoms with van der Waals surface area (Å²) in [6, 6.07) is 7.91. The Hall–Kier alpha value is -0.330. The van der Waals surface area contributed by atoms with Crippen molar-refractivity contribution in [3.8, 4) is 0 Å². The summed E-state index contributed by atoms with van der Waals surface area (Å²) in [5, 5.41) is 3.22. The SMILES string of the molecule is CCNCc1ccc(SCCSC(F)(F)F)cc1. The third kappa shape index (κ3) is 7.18. The highest BCUT2D eigenvalue weighted by Gasteiger charge is 2.27. The highest BCUT2D eigenvalue weighted by molar-refractivity contribution is 8.03. The fourth-order valence-electron chi connectivity index (χ4n) is 1.29. The summed E-state index contributed by atoms with van der Waals surface area (Å²) < 4.78 is 35.7. The van der Waals surface area contributed by atoms with Crippen LogP contribution in [0.2, 0.25) is 0 Å². The maximum Gasteiger partial charge on any atom is 0.441 e. The lowest BCUT2D eigenvalue weighted by Crippen LogP contribution is -2.11. The Morgan fingerprint density at radius 3 is 2.33 bits per heavy atom. The number of halogens is 3. The molecule has 0 saturated heterocycles. The lowest BCUT2D eigenvalue weighted by Gasteiger charge is -2.06. The van der Waals surface area contributed by atoms with Crippen molar-refractivity contribution >= 4 is 23.5 Å². The van der Waals surface area contributed by atoms with Crippen molar-refractivity contribution in [2.45, 2.75) is 23.9 Å². The molecule has 0 aromatic heterocycles. The molecule has 1 nitrogen and oxygen atoms in total. The molecule has 1 aromatic rings. The molecule has 1 aromatic carbocycles. The van der Waals surface area contributed by atoms with E-state index in [0.29, 0.717) is 5.75 Å². The van der Waals surface area contributed by atoms with Crippen LogP contribution in [-0.2, 0) is 6.54 Å². The van der Waals surface area contributed by atoms with Gasteiger partial charge in [-0.1, -0.05) is 30.8 Å². The van der Waals surface area contributed by atoms with Gasteiger partial charge in [0, 0.05) is 22.9 Å². The molecule has 0 fully saturated rings. The topological polar surface area (TPSA) is 12.0 Å². The first-order valence-corrected chi connectivity index (χ1v) is 7.61. The predicted molar refractivity (Wildman–Crippen MR) is 73.1 cm³/mol. The van der Waals surface area contributed by atoms with Crippen LogP contribution in [0.5, 0.6) is 0 Å². The molecule has 0 unspecified atom stereocenters. The van der Waals surface area contributed by atoms with E-state index >= 15 is 0 Å². The molecule has 0 aliphatic carbocycles. The minimum atomic E-state index is -4.11. The second-order valence-corrected chi connectivity index (χ2v) is 5.90. The fourth-order valence-corrected chi connectivity index (χ4v) is 2.75. The molecule has 0 spiro atoms. The summed E-state index contributed by atoms with van der Waals surface area (Å²) >= 11 is 1.49. The van der Waals surface area contributed by atoms with Crippen LogP contribution >= 0.6 is 23.5 Å². The maximum atomic E-state index is 11.9. The second-order valence-electron chi connectivity index (χ2n) is 3.57. The third-order valence-electron chi connectivity index (χ3n) is 2.12. The predicted octanol–water partition coefficient (Wildman–Crippen LogP) is 4.14. The van der Waals surface area contributed by atoms with Crippen LogP contribution in [0, 0.1) is 0 Å². The zero-order chi connectivity index (χ0) is 13.4. The summed E-state index contributed by atoms with van der Waals surface area (Å²) in [5.74, 6) is 0.560. The van der Waals surface area contributed by atoms with Gasteiger partial charge < -0.3 is 5.32 Å². The minimum absolute atomic E-state index is 0.0362. The fraction of sp³-hybridized carbons (Fsp3) is 0.500. The van der Waals surface area contributed by atoms with E-state index in [2.05, 4.69) is 5.32 Å². The van der Waals surface area contributed by atoms with Gasteiger partial charge in [0.15, 0.2) is 0 Å². The van der Waals surface area contributed by atoms with Crippen molar-refractivity contribution < 1.29 is 13.2 Å². The van der Waals surface area contributed by atoms with Crippen molar-refractivity contribution in [2.75, 3.05) is 18.1 Å². The molecular weight excluding hydrogens is 279 g/mol. The molecule has 102 valence electrons. The van der Waals surface area contributed by atoms with Crippen LogP contribution in [0.4, 0.5) is 13.2 Å². The molecule has 0 atom stereocenters. The Balaban J connectivity index is 2.26. The van der Waals surface area contributed by atoms with Crippen LogP contribution in [0.25, 0.3) is 0 Å². The van der Waals surface area contributed by atoms with Gasteiger partial charge in [0.25, 0.3) is 0 Å². The van der Waals surface area contributed by atoms with Gasteiger partial charge in [-0.25, -0.2) is 0 Å². The first kappa shape index (κ1) is 15.7. The van der Waals surface area contributed by atoms with Gasteiger partial charge in [-0.15, -0.1) is 11.8 Å². The molecule has 0 bridgehead atoms. The maximum absolute atomic E-state index is 11.9. The summed E-state index contributed by atoms with van der Waals surface area (Å²) in [6.45, 7) is 3.79. The van der Waals surface area contributed by atoms with Crippen molar-refractivity contribution in [3.63, 3.8) is 0 Å². The van der Waals surface area contributed by atoms with E-state index in [1.165, 1.54) is 17.3 Å². The number of benzene rings is 1. The average Bonchev–Trinajstić information content (AvgIpc) is 2.32. The van der Waals surface area contributed by atoms with Crippen LogP contribution in [-0.4, -0.2) is 23.6 Å². The molecule has 1 rings (SSSR count). The Morgan fingerprint density at radius 2 is 1.78 bits per heavy atom. The second kappa shape index (κ2) is 7.96. The zero-order valence-corrected chi connectivity index (χ0v) is 11.7. The quantitative estimate of drug-likeness (QED) is 0.600. The Bertz CT molecular complexity index is 338. The van der Waals surface area contributed by atoms with Gasteiger partial charge in [0.05, 0.1) is 0 Å². The van der Waals surface area contributed by atoms with Crippen molar-refractivity contribution in [1.82, 2.24) is 5.32 Å².